The van der Waals surface area contributed by atoms with Gasteiger partial charge in [0.05, 0.1) is 5.41 Å². The Kier molecular flexibility index (Phi) is 5.94. The third kappa shape index (κ3) is 4.01. The van der Waals surface area contributed by atoms with E-state index in [4.69, 9.17) is 0 Å². The molecular formula is C14H19BrFNO2. The van der Waals surface area contributed by atoms with Crippen LogP contribution >= 0.6 is 15.9 Å². The van der Waals surface area contributed by atoms with Gasteiger partial charge in [-0.2, -0.15) is 0 Å². The van der Waals surface area contributed by atoms with Crippen LogP contribution in [0.1, 0.15) is 32.3 Å². The van der Waals surface area contributed by atoms with Crippen LogP contribution in [-0.2, 0) is 11.3 Å². The molecule has 0 unspecified atom stereocenters. The van der Waals surface area contributed by atoms with Gasteiger partial charge in [0.15, 0.2) is 0 Å². The fourth-order valence-electron chi connectivity index (χ4n) is 1.98. The zero-order chi connectivity index (χ0) is 14.5. The van der Waals surface area contributed by atoms with Crippen LogP contribution in [0.15, 0.2) is 22.7 Å². The zero-order valence-electron chi connectivity index (χ0n) is 11.2. The van der Waals surface area contributed by atoms with E-state index in [9.17, 15) is 14.3 Å². The lowest BCUT2D eigenvalue weighted by Crippen LogP contribution is -2.40. The highest BCUT2D eigenvalue weighted by Crippen LogP contribution is 2.26. The number of halogens is 2. The lowest BCUT2D eigenvalue weighted by Gasteiger charge is -2.27. The maximum Gasteiger partial charge on any atom is 0.310 e. The fraction of sp³-hybridized carbons (Fsp3) is 0.500. The summed E-state index contributed by atoms with van der Waals surface area (Å²) in [6.45, 7) is 4.39. The summed E-state index contributed by atoms with van der Waals surface area (Å²) in [7, 11) is 0. The Balaban J connectivity index is 2.64. The molecule has 0 heterocycles. The van der Waals surface area contributed by atoms with E-state index in [1.165, 1.54) is 6.07 Å². The van der Waals surface area contributed by atoms with E-state index in [0.717, 1.165) is 0 Å². The second kappa shape index (κ2) is 7.01. The van der Waals surface area contributed by atoms with Gasteiger partial charge in [0.25, 0.3) is 0 Å². The number of hydrogen-bond acceptors (Lipinski definition) is 2. The van der Waals surface area contributed by atoms with Gasteiger partial charge in [0.2, 0.25) is 0 Å². The van der Waals surface area contributed by atoms with Gasteiger partial charge in [0, 0.05) is 23.1 Å². The molecule has 0 atom stereocenters. The maximum absolute atomic E-state index is 13.6. The van der Waals surface area contributed by atoms with Gasteiger partial charge in [0.1, 0.15) is 5.82 Å². The Hall–Kier alpha value is -0.940. The first-order chi connectivity index (χ1) is 8.95. The van der Waals surface area contributed by atoms with Crippen molar-refractivity contribution in [2.45, 2.75) is 33.2 Å². The summed E-state index contributed by atoms with van der Waals surface area (Å²) in [4.78, 5) is 11.3. The molecule has 1 aromatic rings. The first-order valence-electron chi connectivity index (χ1n) is 6.33. The van der Waals surface area contributed by atoms with Gasteiger partial charge < -0.3 is 10.4 Å². The molecule has 1 aromatic carbocycles. The number of nitrogens with one attached hydrogen (secondary N) is 1. The van der Waals surface area contributed by atoms with E-state index >= 15 is 0 Å². The van der Waals surface area contributed by atoms with E-state index in [-0.39, 0.29) is 5.82 Å². The molecular weight excluding hydrogens is 313 g/mol. The minimum absolute atomic E-state index is 0.296. The molecule has 0 bridgehead atoms. The Bertz CT molecular complexity index is 447. The Morgan fingerprint density at radius 1 is 1.42 bits per heavy atom. The minimum atomic E-state index is -0.804. The van der Waals surface area contributed by atoms with Crippen molar-refractivity contribution in [2.75, 3.05) is 6.54 Å². The van der Waals surface area contributed by atoms with Crippen molar-refractivity contribution in [3.8, 4) is 0 Å². The Labute approximate surface area is 121 Å². The molecule has 0 fully saturated rings. The van der Waals surface area contributed by atoms with Crippen LogP contribution in [0.25, 0.3) is 0 Å². The van der Waals surface area contributed by atoms with E-state index in [0.29, 0.717) is 36.0 Å². The Morgan fingerprint density at radius 3 is 2.53 bits per heavy atom. The van der Waals surface area contributed by atoms with E-state index in [2.05, 4.69) is 21.2 Å². The molecule has 0 aromatic heterocycles. The summed E-state index contributed by atoms with van der Waals surface area (Å²) in [6.07, 6.45) is 1.10. The highest BCUT2D eigenvalue weighted by atomic mass is 79.9. The summed E-state index contributed by atoms with van der Waals surface area (Å²) >= 11 is 3.20. The van der Waals surface area contributed by atoms with Crippen molar-refractivity contribution >= 4 is 21.9 Å². The quantitative estimate of drug-likeness (QED) is 0.803. The first-order valence-corrected chi connectivity index (χ1v) is 7.12. The topological polar surface area (TPSA) is 49.3 Å². The van der Waals surface area contributed by atoms with Crippen molar-refractivity contribution in [2.24, 2.45) is 5.41 Å². The first kappa shape index (κ1) is 16.1. The summed E-state index contributed by atoms with van der Waals surface area (Å²) in [5.41, 5.74) is -0.235. The molecule has 0 radical (unpaired) electrons. The van der Waals surface area contributed by atoms with Gasteiger partial charge in [-0.3, -0.25) is 4.79 Å². The van der Waals surface area contributed by atoms with Crippen molar-refractivity contribution in [1.82, 2.24) is 5.32 Å². The van der Waals surface area contributed by atoms with Crippen LogP contribution in [0.4, 0.5) is 4.39 Å². The standard InChI is InChI=1S/C14H19BrFNO2/c1-3-14(4-2,13(18)19)9-17-8-10-5-6-11(15)7-12(10)16/h5-7,17H,3-4,8-9H2,1-2H3,(H,18,19). The SMILES string of the molecule is CCC(CC)(CNCc1ccc(Br)cc1F)C(=O)O. The lowest BCUT2D eigenvalue weighted by molar-refractivity contribution is -0.149. The molecule has 0 amide bonds. The molecule has 0 saturated carbocycles. The van der Waals surface area contributed by atoms with Crippen molar-refractivity contribution in [3.05, 3.63) is 34.1 Å². The average Bonchev–Trinajstić information content (AvgIpc) is 2.37. The van der Waals surface area contributed by atoms with Crippen LogP contribution in [-0.4, -0.2) is 17.6 Å². The van der Waals surface area contributed by atoms with Gasteiger partial charge in [-0.15, -0.1) is 0 Å². The molecule has 5 heteroatoms. The second-order valence-electron chi connectivity index (χ2n) is 4.63. The number of hydrogen-bond donors (Lipinski definition) is 2. The molecule has 0 spiro atoms. The van der Waals surface area contributed by atoms with Gasteiger partial charge in [-0.1, -0.05) is 35.8 Å². The summed E-state index contributed by atoms with van der Waals surface area (Å²) in [5, 5.41) is 12.3. The summed E-state index contributed by atoms with van der Waals surface area (Å²) in [5.74, 6) is -1.10. The van der Waals surface area contributed by atoms with Crippen LogP contribution in [0.3, 0.4) is 0 Å². The van der Waals surface area contributed by atoms with Crippen molar-refractivity contribution in [3.63, 3.8) is 0 Å². The number of aliphatic carboxylic acids is 1. The normalized spacial score (nSPS) is 11.6. The molecule has 2 N–H and O–H groups in total. The Morgan fingerprint density at radius 2 is 2.05 bits per heavy atom. The smallest absolute Gasteiger partial charge is 0.310 e. The minimum Gasteiger partial charge on any atom is -0.481 e. The lowest BCUT2D eigenvalue weighted by atomic mass is 9.82. The molecule has 106 valence electrons. The number of carboxylic acids is 1. The third-order valence-electron chi connectivity index (χ3n) is 3.60. The fourth-order valence-corrected chi connectivity index (χ4v) is 2.31. The van der Waals surface area contributed by atoms with Crippen LogP contribution in [0.5, 0.6) is 0 Å². The number of carboxylic acid groups (broad SMARTS) is 1. The number of carbonyl (C=O) groups is 1. The second-order valence-corrected chi connectivity index (χ2v) is 5.55. The predicted octanol–water partition coefficient (Wildman–Crippen LogP) is 3.57. The largest absolute Gasteiger partial charge is 0.481 e. The van der Waals surface area contributed by atoms with Crippen LogP contribution in [0.2, 0.25) is 0 Å². The highest BCUT2D eigenvalue weighted by Gasteiger charge is 2.34. The number of rotatable bonds is 7. The van der Waals surface area contributed by atoms with E-state index in [1.54, 1.807) is 12.1 Å². The maximum atomic E-state index is 13.6. The molecule has 0 saturated heterocycles. The van der Waals surface area contributed by atoms with Gasteiger partial charge in [-0.05, 0) is 25.0 Å². The monoisotopic (exact) mass is 331 g/mol. The molecule has 0 aliphatic carbocycles. The zero-order valence-corrected chi connectivity index (χ0v) is 12.8. The molecule has 3 nitrogen and oxygen atoms in total. The van der Waals surface area contributed by atoms with E-state index < -0.39 is 11.4 Å². The summed E-state index contributed by atoms with van der Waals surface area (Å²) in [6, 6.07) is 4.86. The van der Waals surface area contributed by atoms with Crippen LogP contribution in [0, 0.1) is 11.2 Å². The molecule has 1 rings (SSSR count). The van der Waals surface area contributed by atoms with Crippen molar-refractivity contribution in [1.29, 1.82) is 0 Å². The van der Waals surface area contributed by atoms with Crippen LogP contribution < -0.4 is 5.32 Å². The summed E-state index contributed by atoms with van der Waals surface area (Å²) < 4.78 is 14.3. The molecule has 19 heavy (non-hydrogen) atoms. The average molecular weight is 332 g/mol. The predicted molar refractivity (Wildman–Crippen MR) is 76.5 cm³/mol. The highest BCUT2D eigenvalue weighted by molar-refractivity contribution is 9.10. The number of benzene rings is 1. The third-order valence-corrected chi connectivity index (χ3v) is 4.09. The van der Waals surface area contributed by atoms with E-state index in [1.807, 2.05) is 13.8 Å². The molecule has 0 aliphatic heterocycles. The molecule has 0 aliphatic rings. The van der Waals surface area contributed by atoms with Crippen molar-refractivity contribution < 1.29 is 14.3 Å². The van der Waals surface area contributed by atoms with Gasteiger partial charge >= 0.3 is 5.97 Å². The van der Waals surface area contributed by atoms with Gasteiger partial charge in [-0.25, -0.2) is 4.39 Å².